The van der Waals surface area contributed by atoms with Crippen LogP contribution in [0.3, 0.4) is 0 Å². The van der Waals surface area contributed by atoms with Gasteiger partial charge in [-0.2, -0.15) is 0 Å². The molecule has 1 aromatic heterocycles. The average Bonchev–Trinajstić information content (AvgIpc) is 3.20. The Morgan fingerprint density at radius 1 is 1.06 bits per heavy atom. The zero-order valence-corrected chi connectivity index (χ0v) is 21.2. The third-order valence-electron chi connectivity index (χ3n) is 5.36. The number of amides is 1. The second-order valence-electron chi connectivity index (χ2n) is 8.31. The summed E-state index contributed by atoms with van der Waals surface area (Å²) < 4.78 is 2.67. The van der Waals surface area contributed by atoms with Gasteiger partial charge >= 0.3 is 0 Å². The van der Waals surface area contributed by atoms with E-state index in [1.165, 1.54) is 0 Å². The van der Waals surface area contributed by atoms with Crippen LogP contribution in [0.4, 0.5) is 5.69 Å². The van der Waals surface area contributed by atoms with Gasteiger partial charge in [0.1, 0.15) is 0 Å². The van der Waals surface area contributed by atoms with Crippen molar-refractivity contribution >= 4 is 39.1 Å². The highest BCUT2D eigenvalue weighted by molar-refractivity contribution is 9.10. The first kappa shape index (κ1) is 23.2. The summed E-state index contributed by atoms with van der Waals surface area (Å²) in [4.78, 5) is 17.8. The Labute approximate surface area is 207 Å². The SMILES string of the molecule is Cc1ccc(-n2nc(C(=O)Nc3ccc(Br)cc3C(C)C)nc2-c2cccc(Cl)c2)c(C)c1. The second kappa shape index (κ2) is 9.49. The first-order chi connectivity index (χ1) is 15.7. The van der Waals surface area contributed by atoms with Gasteiger partial charge in [0.15, 0.2) is 5.82 Å². The largest absolute Gasteiger partial charge is 0.319 e. The van der Waals surface area contributed by atoms with E-state index in [2.05, 4.69) is 51.2 Å². The quantitative estimate of drug-likeness (QED) is 0.298. The minimum Gasteiger partial charge on any atom is -0.319 e. The van der Waals surface area contributed by atoms with Crippen molar-refractivity contribution < 1.29 is 4.79 Å². The Bertz CT molecular complexity index is 1350. The Balaban J connectivity index is 1.79. The predicted molar refractivity (Wildman–Crippen MR) is 137 cm³/mol. The fourth-order valence-electron chi connectivity index (χ4n) is 3.74. The molecule has 1 amide bonds. The van der Waals surface area contributed by atoms with Gasteiger partial charge in [-0.15, -0.1) is 5.10 Å². The van der Waals surface area contributed by atoms with Gasteiger partial charge in [-0.05, 0) is 67.3 Å². The Hall–Kier alpha value is -2.96. The van der Waals surface area contributed by atoms with Gasteiger partial charge < -0.3 is 5.32 Å². The maximum absolute atomic E-state index is 13.2. The molecule has 1 heterocycles. The van der Waals surface area contributed by atoms with Gasteiger partial charge in [-0.25, -0.2) is 9.67 Å². The number of benzene rings is 3. The summed E-state index contributed by atoms with van der Waals surface area (Å²) in [6.07, 6.45) is 0. The molecule has 0 saturated carbocycles. The average molecular weight is 524 g/mol. The summed E-state index contributed by atoms with van der Waals surface area (Å²) in [6.45, 7) is 8.23. The fraction of sp³-hybridized carbons (Fsp3) is 0.192. The van der Waals surface area contributed by atoms with Crippen LogP contribution in [0.2, 0.25) is 5.02 Å². The van der Waals surface area contributed by atoms with Gasteiger partial charge in [0, 0.05) is 20.7 Å². The molecule has 0 bridgehead atoms. The molecule has 7 heteroatoms. The molecule has 0 atom stereocenters. The van der Waals surface area contributed by atoms with E-state index in [0.717, 1.165) is 38.1 Å². The van der Waals surface area contributed by atoms with Crippen molar-refractivity contribution in [2.24, 2.45) is 0 Å². The fourth-order valence-corrected chi connectivity index (χ4v) is 4.31. The zero-order valence-electron chi connectivity index (χ0n) is 18.9. The number of hydrogen-bond acceptors (Lipinski definition) is 3. The van der Waals surface area contributed by atoms with Crippen molar-refractivity contribution in [3.63, 3.8) is 0 Å². The second-order valence-corrected chi connectivity index (χ2v) is 9.66. The third-order valence-corrected chi connectivity index (χ3v) is 6.09. The number of hydrogen-bond donors (Lipinski definition) is 1. The lowest BCUT2D eigenvalue weighted by atomic mass is 10.0. The van der Waals surface area contributed by atoms with Gasteiger partial charge in [0.25, 0.3) is 5.91 Å². The summed E-state index contributed by atoms with van der Waals surface area (Å²) in [7, 11) is 0. The van der Waals surface area contributed by atoms with Crippen LogP contribution in [0.25, 0.3) is 17.1 Å². The van der Waals surface area contributed by atoms with Crippen LogP contribution in [-0.4, -0.2) is 20.7 Å². The standard InChI is InChI=1S/C26H24BrClN4O/c1-15(2)21-14-19(27)9-10-22(21)29-26(33)24-30-25(18-6-5-7-20(28)13-18)32(31-24)23-11-8-16(3)12-17(23)4/h5-15H,1-4H3,(H,29,33). The highest BCUT2D eigenvalue weighted by atomic mass is 79.9. The smallest absolute Gasteiger partial charge is 0.295 e. The maximum Gasteiger partial charge on any atom is 0.295 e. The number of carbonyl (C=O) groups is 1. The van der Waals surface area contributed by atoms with E-state index in [0.29, 0.717) is 10.8 Å². The minimum atomic E-state index is -0.369. The van der Waals surface area contributed by atoms with Crippen LogP contribution in [-0.2, 0) is 0 Å². The summed E-state index contributed by atoms with van der Waals surface area (Å²) in [6, 6.07) is 19.3. The summed E-state index contributed by atoms with van der Waals surface area (Å²) in [5.74, 6) is 0.503. The van der Waals surface area contributed by atoms with Crippen LogP contribution in [0.5, 0.6) is 0 Å². The van der Waals surface area contributed by atoms with E-state index in [1.54, 1.807) is 10.7 Å². The first-order valence-electron chi connectivity index (χ1n) is 10.6. The van der Waals surface area contributed by atoms with Crippen molar-refractivity contribution in [2.75, 3.05) is 5.32 Å². The van der Waals surface area contributed by atoms with Crippen molar-refractivity contribution in [1.29, 1.82) is 0 Å². The number of halogens is 2. The number of aromatic nitrogens is 3. The van der Waals surface area contributed by atoms with Gasteiger partial charge in [0.05, 0.1) is 5.69 Å². The van der Waals surface area contributed by atoms with Gasteiger partial charge in [-0.3, -0.25) is 4.79 Å². The monoisotopic (exact) mass is 522 g/mol. The predicted octanol–water partition coefficient (Wildman–Crippen LogP) is 7.34. The molecule has 0 spiro atoms. The van der Waals surface area contributed by atoms with Crippen LogP contribution < -0.4 is 5.32 Å². The van der Waals surface area contributed by atoms with Crippen LogP contribution in [0.1, 0.15) is 47.1 Å². The van der Waals surface area contributed by atoms with E-state index in [-0.39, 0.29) is 17.6 Å². The van der Waals surface area contributed by atoms with Gasteiger partial charge in [0.2, 0.25) is 5.82 Å². The zero-order chi connectivity index (χ0) is 23.7. The van der Waals surface area contributed by atoms with E-state index in [4.69, 9.17) is 11.6 Å². The Kier molecular flexibility index (Phi) is 6.68. The molecule has 0 saturated heterocycles. The summed E-state index contributed by atoms with van der Waals surface area (Å²) in [5, 5.41) is 8.18. The molecule has 0 fully saturated rings. The summed E-state index contributed by atoms with van der Waals surface area (Å²) in [5.41, 5.74) is 5.58. The lowest BCUT2D eigenvalue weighted by Crippen LogP contribution is -2.16. The number of aryl methyl sites for hydroxylation is 2. The van der Waals surface area contributed by atoms with E-state index in [9.17, 15) is 4.79 Å². The molecule has 4 aromatic rings. The molecule has 0 aliphatic heterocycles. The molecular formula is C26H24BrClN4O. The molecule has 0 aliphatic carbocycles. The molecule has 168 valence electrons. The number of nitrogens with zero attached hydrogens (tertiary/aromatic N) is 3. The van der Waals surface area contributed by atoms with Crippen molar-refractivity contribution in [3.8, 4) is 17.1 Å². The molecule has 3 aromatic carbocycles. The first-order valence-corrected chi connectivity index (χ1v) is 11.8. The molecular weight excluding hydrogens is 500 g/mol. The summed E-state index contributed by atoms with van der Waals surface area (Å²) >= 11 is 9.75. The van der Waals surface area contributed by atoms with Crippen molar-refractivity contribution in [3.05, 3.63) is 92.7 Å². The molecule has 33 heavy (non-hydrogen) atoms. The van der Waals surface area contributed by atoms with Crippen molar-refractivity contribution in [1.82, 2.24) is 14.8 Å². The molecule has 0 radical (unpaired) electrons. The van der Waals surface area contributed by atoms with Crippen LogP contribution in [0, 0.1) is 13.8 Å². The molecule has 0 aliphatic rings. The normalized spacial score (nSPS) is 11.1. The highest BCUT2D eigenvalue weighted by Crippen LogP contribution is 2.29. The molecule has 0 unspecified atom stereocenters. The van der Waals surface area contributed by atoms with Crippen LogP contribution in [0.15, 0.2) is 65.1 Å². The number of nitrogens with one attached hydrogen (secondary N) is 1. The molecule has 4 rings (SSSR count). The lowest BCUT2D eigenvalue weighted by Gasteiger charge is -2.13. The topological polar surface area (TPSA) is 59.8 Å². The maximum atomic E-state index is 13.2. The molecule has 1 N–H and O–H groups in total. The van der Waals surface area contributed by atoms with E-state index >= 15 is 0 Å². The number of rotatable bonds is 5. The number of carbonyl (C=O) groups excluding carboxylic acids is 1. The van der Waals surface area contributed by atoms with E-state index in [1.807, 2.05) is 62.4 Å². The van der Waals surface area contributed by atoms with Crippen LogP contribution >= 0.6 is 27.5 Å². The van der Waals surface area contributed by atoms with Gasteiger partial charge in [-0.1, -0.05) is 71.2 Å². The third kappa shape index (κ3) is 5.02. The van der Waals surface area contributed by atoms with E-state index < -0.39 is 0 Å². The van der Waals surface area contributed by atoms with Crippen molar-refractivity contribution in [2.45, 2.75) is 33.6 Å². The minimum absolute atomic E-state index is 0.0857. The Morgan fingerprint density at radius 3 is 2.55 bits per heavy atom. The Morgan fingerprint density at radius 2 is 1.85 bits per heavy atom. The highest BCUT2D eigenvalue weighted by Gasteiger charge is 2.21. The number of anilines is 1. The lowest BCUT2D eigenvalue weighted by molar-refractivity contribution is 0.101. The molecule has 5 nitrogen and oxygen atoms in total.